The van der Waals surface area contributed by atoms with Crippen LogP contribution in [-0.2, 0) is 29.2 Å². The minimum absolute atomic E-state index is 0.0872. The summed E-state index contributed by atoms with van der Waals surface area (Å²) < 4.78 is 6.30. The monoisotopic (exact) mass is 467 g/mol. The lowest BCUT2D eigenvalue weighted by molar-refractivity contribution is -0.132. The SMILES string of the molecule is Cc1nc2ccccc2nc1CN1CC(=O)N(Cc2ccccc2)CC(OCc2ccccn2)C1. The molecule has 1 fully saturated rings. The van der Waals surface area contributed by atoms with E-state index >= 15 is 0 Å². The fourth-order valence-electron chi connectivity index (χ4n) is 4.40. The van der Waals surface area contributed by atoms with Crippen molar-refractivity contribution in [1.29, 1.82) is 0 Å². The Kier molecular flexibility index (Phi) is 7.07. The number of rotatable bonds is 7. The van der Waals surface area contributed by atoms with Gasteiger partial charge < -0.3 is 9.64 Å². The first-order valence-corrected chi connectivity index (χ1v) is 11.9. The van der Waals surface area contributed by atoms with Crippen molar-refractivity contribution in [2.24, 2.45) is 0 Å². The molecular weight excluding hydrogens is 438 g/mol. The van der Waals surface area contributed by atoms with Crippen molar-refractivity contribution in [3.8, 4) is 0 Å². The number of benzene rings is 2. The van der Waals surface area contributed by atoms with Crippen molar-refractivity contribution in [1.82, 2.24) is 24.8 Å². The molecule has 0 aliphatic carbocycles. The van der Waals surface area contributed by atoms with Gasteiger partial charge in [0, 0.05) is 32.4 Å². The topological polar surface area (TPSA) is 71.5 Å². The Hall–Kier alpha value is -3.68. The number of amides is 1. The molecular formula is C28H29N5O2. The second-order valence-electron chi connectivity index (χ2n) is 8.93. The quantitative estimate of drug-likeness (QED) is 0.412. The molecule has 7 nitrogen and oxygen atoms in total. The molecule has 178 valence electrons. The summed E-state index contributed by atoms with van der Waals surface area (Å²) in [7, 11) is 0. The van der Waals surface area contributed by atoms with Crippen LogP contribution in [0.1, 0.15) is 22.6 Å². The highest BCUT2D eigenvalue weighted by molar-refractivity contribution is 5.78. The second-order valence-corrected chi connectivity index (χ2v) is 8.93. The maximum atomic E-state index is 13.3. The van der Waals surface area contributed by atoms with Crippen LogP contribution < -0.4 is 0 Å². The lowest BCUT2D eigenvalue weighted by atomic mass is 10.2. The first-order valence-electron chi connectivity index (χ1n) is 11.9. The van der Waals surface area contributed by atoms with Crippen molar-refractivity contribution in [3.05, 3.63) is 102 Å². The normalized spacial score (nSPS) is 17.0. The van der Waals surface area contributed by atoms with E-state index in [1.54, 1.807) is 6.20 Å². The molecule has 0 radical (unpaired) electrons. The molecule has 1 aliphatic heterocycles. The van der Waals surface area contributed by atoms with Gasteiger partial charge in [0.25, 0.3) is 0 Å². The van der Waals surface area contributed by atoms with Crippen molar-refractivity contribution in [3.63, 3.8) is 0 Å². The van der Waals surface area contributed by atoms with Crippen LogP contribution in [-0.4, -0.2) is 56.4 Å². The number of para-hydroxylation sites is 2. The van der Waals surface area contributed by atoms with Gasteiger partial charge >= 0.3 is 0 Å². The molecule has 1 amide bonds. The summed E-state index contributed by atoms with van der Waals surface area (Å²) in [4.78, 5) is 31.3. The smallest absolute Gasteiger partial charge is 0.237 e. The molecule has 1 atom stereocenters. The molecule has 0 bridgehead atoms. The molecule has 1 unspecified atom stereocenters. The summed E-state index contributed by atoms with van der Waals surface area (Å²) in [5, 5.41) is 0. The predicted molar refractivity (Wildman–Crippen MR) is 134 cm³/mol. The van der Waals surface area contributed by atoms with E-state index in [4.69, 9.17) is 14.7 Å². The number of ether oxygens (including phenoxy) is 1. The number of nitrogens with zero attached hydrogens (tertiary/aromatic N) is 5. The summed E-state index contributed by atoms with van der Waals surface area (Å²) >= 11 is 0. The number of aryl methyl sites for hydroxylation is 1. The van der Waals surface area contributed by atoms with Gasteiger partial charge in [0.05, 0.1) is 47.4 Å². The Morgan fingerprint density at radius 1 is 0.886 bits per heavy atom. The third kappa shape index (κ3) is 5.88. The summed E-state index contributed by atoms with van der Waals surface area (Å²) in [6, 6.07) is 23.8. The molecule has 5 rings (SSSR count). The van der Waals surface area contributed by atoms with Crippen LogP contribution in [0.25, 0.3) is 11.0 Å². The van der Waals surface area contributed by atoms with E-state index in [0.29, 0.717) is 39.3 Å². The molecule has 0 saturated carbocycles. The van der Waals surface area contributed by atoms with Gasteiger partial charge in [-0.15, -0.1) is 0 Å². The highest BCUT2D eigenvalue weighted by Crippen LogP contribution is 2.18. The highest BCUT2D eigenvalue weighted by Gasteiger charge is 2.29. The fourth-order valence-corrected chi connectivity index (χ4v) is 4.40. The van der Waals surface area contributed by atoms with Crippen molar-refractivity contribution in [2.75, 3.05) is 19.6 Å². The van der Waals surface area contributed by atoms with E-state index in [0.717, 1.165) is 33.7 Å². The van der Waals surface area contributed by atoms with Crippen LogP contribution in [0.5, 0.6) is 0 Å². The van der Waals surface area contributed by atoms with Gasteiger partial charge in [0.15, 0.2) is 0 Å². The number of carbonyl (C=O) groups is 1. The Balaban J connectivity index is 1.36. The summed E-state index contributed by atoms with van der Waals surface area (Å²) in [6.45, 7) is 4.94. The Labute approximate surface area is 205 Å². The molecule has 1 aliphatic rings. The van der Waals surface area contributed by atoms with Crippen molar-refractivity contribution < 1.29 is 9.53 Å². The number of pyridine rings is 1. The summed E-state index contributed by atoms with van der Waals surface area (Å²) in [5.74, 6) is 0.0872. The van der Waals surface area contributed by atoms with E-state index in [9.17, 15) is 4.79 Å². The third-order valence-corrected chi connectivity index (χ3v) is 6.22. The maximum absolute atomic E-state index is 13.3. The van der Waals surface area contributed by atoms with Crippen LogP contribution in [0.2, 0.25) is 0 Å². The van der Waals surface area contributed by atoms with E-state index in [2.05, 4.69) is 9.88 Å². The Bertz CT molecular complexity index is 1280. The van der Waals surface area contributed by atoms with Crippen molar-refractivity contribution >= 4 is 16.9 Å². The van der Waals surface area contributed by atoms with Gasteiger partial charge in [-0.25, -0.2) is 9.97 Å². The average molecular weight is 468 g/mol. The van der Waals surface area contributed by atoms with Gasteiger partial charge in [0.2, 0.25) is 5.91 Å². The Morgan fingerprint density at radius 2 is 1.63 bits per heavy atom. The number of fused-ring (bicyclic) bond motifs is 1. The molecule has 4 aromatic rings. The molecule has 7 heteroatoms. The zero-order valence-electron chi connectivity index (χ0n) is 19.9. The Morgan fingerprint density at radius 3 is 2.40 bits per heavy atom. The van der Waals surface area contributed by atoms with Gasteiger partial charge in [-0.1, -0.05) is 48.5 Å². The van der Waals surface area contributed by atoms with Gasteiger partial charge in [0.1, 0.15) is 0 Å². The van der Waals surface area contributed by atoms with Crippen molar-refractivity contribution in [2.45, 2.75) is 32.7 Å². The molecule has 2 aromatic carbocycles. The first kappa shape index (κ1) is 23.1. The molecule has 3 heterocycles. The van der Waals surface area contributed by atoms with Crippen LogP contribution in [0.4, 0.5) is 0 Å². The van der Waals surface area contributed by atoms with E-state index < -0.39 is 0 Å². The van der Waals surface area contributed by atoms with Gasteiger partial charge in [-0.3, -0.25) is 14.7 Å². The molecule has 0 N–H and O–H groups in total. The zero-order valence-corrected chi connectivity index (χ0v) is 19.9. The van der Waals surface area contributed by atoms with Crippen LogP contribution in [0, 0.1) is 6.92 Å². The number of carbonyl (C=O) groups excluding carboxylic acids is 1. The van der Waals surface area contributed by atoms with E-state index in [-0.39, 0.29) is 12.0 Å². The largest absolute Gasteiger partial charge is 0.369 e. The predicted octanol–water partition coefficient (Wildman–Crippen LogP) is 3.76. The average Bonchev–Trinajstić information content (AvgIpc) is 3.02. The minimum atomic E-state index is -0.152. The highest BCUT2D eigenvalue weighted by atomic mass is 16.5. The third-order valence-electron chi connectivity index (χ3n) is 6.22. The minimum Gasteiger partial charge on any atom is -0.369 e. The molecule has 0 spiro atoms. The lowest BCUT2D eigenvalue weighted by Crippen LogP contribution is -2.37. The molecule has 35 heavy (non-hydrogen) atoms. The molecule has 2 aromatic heterocycles. The standard InChI is InChI=1S/C28H29N5O2/c1-21-27(31-26-13-6-5-12-25(26)30-21)18-32-16-24(35-20-23-11-7-8-14-29-23)17-33(28(34)19-32)15-22-9-3-2-4-10-22/h2-14,24H,15-20H2,1H3. The fraction of sp³-hybridized carbons (Fsp3) is 0.286. The van der Waals surface area contributed by atoms with E-state index in [1.807, 2.05) is 84.6 Å². The van der Waals surface area contributed by atoms with E-state index in [1.165, 1.54) is 0 Å². The van der Waals surface area contributed by atoms with Crippen LogP contribution in [0.3, 0.4) is 0 Å². The maximum Gasteiger partial charge on any atom is 0.237 e. The lowest BCUT2D eigenvalue weighted by Gasteiger charge is -2.25. The summed E-state index contributed by atoms with van der Waals surface area (Å²) in [5.41, 5.74) is 5.49. The van der Waals surface area contributed by atoms with Crippen LogP contribution in [0.15, 0.2) is 79.0 Å². The number of hydrogen-bond acceptors (Lipinski definition) is 6. The van der Waals surface area contributed by atoms with Gasteiger partial charge in [-0.05, 0) is 36.8 Å². The zero-order chi connectivity index (χ0) is 24.0. The first-order chi connectivity index (χ1) is 17.1. The number of aromatic nitrogens is 3. The molecule has 1 saturated heterocycles. The summed E-state index contributed by atoms with van der Waals surface area (Å²) in [6.07, 6.45) is 1.62. The van der Waals surface area contributed by atoms with Crippen LogP contribution >= 0.6 is 0 Å². The second kappa shape index (κ2) is 10.7. The number of hydrogen-bond donors (Lipinski definition) is 0. The van der Waals surface area contributed by atoms with Gasteiger partial charge in [-0.2, -0.15) is 0 Å².